The van der Waals surface area contributed by atoms with E-state index >= 15 is 0 Å². The van der Waals surface area contributed by atoms with Crippen molar-refractivity contribution in [2.75, 3.05) is 7.05 Å². The SMILES string of the molecule is CN=C(N)NC(=N)N.O. The molecule has 9 heavy (non-hydrogen) atoms. The summed E-state index contributed by atoms with van der Waals surface area (Å²) in [6.45, 7) is 0. The Labute approximate surface area is 52.8 Å². The third-order valence-corrected chi connectivity index (χ3v) is 0.504. The number of rotatable bonds is 0. The highest BCUT2D eigenvalue weighted by atomic mass is 16.0. The first-order valence-corrected chi connectivity index (χ1v) is 2.00. The molecule has 0 saturated carbocycles. The van der Waals surface area contributed by atoms with Gasteiger partial charge in [-0.05, 0) is 0 Å². The molecule has 0 aliphatic carbocycles. The number of guanidine groups is 2. The summed E-state index contributed by atoms with van der Waals surface area (Å²) >= 11 is 0. The van der Waals surface area contributed by atoms with Gasteiger partial charge in [0.2, 0.25) is 0 Å². The summed E-state index contributed by atoms with van der Waals surface area (Å²) < 4.78 is 0. The minimum atomic E-state index is -0.201. The van der Waals surface area contributed by atoms with Gasteiger partial charge in [0, 0.05) is 7.05 Å². The average Bonchev–Trinajstić information content (AvgIpc) is 1.65. The molecular weight excluding hydrogens is 122 g/mol. The van der Waals surface area contributed by atoms with Crippen molar-refractivity contribution in [1.29, 1.82) is 5.41 Å². The van der Waals surface area contributed by atoms with Crippen molar-refractivity contribution >= 4 is 11.9 Å². The first-order chi connectivity index (χ1) is 3.66. The van der Waals surface area contributed by atoms with Gasteiger partial charge in [-0.3, -0.25) is 15.7 Å². The number of nitrogens with two attached hydrogens (primary N) is 2. The Hall–Kier alpha value is -1.30. The molecule has 0 aromatic heterocycles. The minimum absolute atomic E-state index is 0. The monoisotopic (exact) mass is 133 g/mol. The van der Waals surface area contributed by atoms with Gasteiger partial charge in [0.1, 0.15) is 0 Å². The van der Waals surface area contributed by atoms with Crippen molar-refractivity contribution in [3.8, 4) is 0 Å². The van der Waals surface area contributed by atoms with Crippen LogP contribution in [0.25, 0.3) is 0 Å². The smallest absolute Gasteiger partial charge is 0.195 e. The van der Waals surface area contributed by atoms with Gasteiger partial charge in [-0.1, -0.05) is 0 Å². The maximum Gasteiger partial charge on any atom is 0.195 e. The lowest BCUT2D eigenvalue weighted by molar-refractivity contribution is 0.824. The topological polar surface area (TPSA) is 132 Å². The largest absolute Gasteiger partial charge is 0.412 e. The van der Waals surface area contributed by atoms with Crippen molar-refractivity contribution < 1.29 is 5.48 Å². The Morgan fingerprint density at radius 1 is 1.56 bits per heavy atom. The van der Waals surface area contributed by atoms with E-state index in [-0.39, 0.29) is 17.4 Å². The van der Waals surface area contributed by atoms with Gasteiger partial charge < -0.3 is 16.9 Å². The average molecular weight is 133 g/mol. The minimum Gasteiger partial charge on any atom is -0.412 e. The van der Waals surface area contributed by atoms with Crippen molar-refractivity contribution in [2.45, 2.75) is 0 Å². The molecule has 54 valence electrons. The van der Waals surface area contributed by atoms with Crippen LogP contribution in [0.5, 0.6) is 0 Å². The second-order valence-electron chi connectivity index (χ2n) is 1.15. The molecule has 0 aromatic rings. The number of aliphatic imine (C=N–C) groups is 1. The molecule has 0 aliphatic heterocycles. The zero-order valence-electron chi connectivity index (χ0n) is 5.10. The number of hydrogen-bond acceptors (Lipinski definition) is 2. The molecule has 6 heteroatoms. The zero-order chi connectivity index (χ0) is 6.57. The molecule has 0 heterocycles. The van der Waals surface area contributed by atoms with E-state index in [1.54, 1.807) is 0 Å². The second kappa shape index (κ2) is 4.85. The van der Waals surface area contributed by atoms with Crippen LogP contribution in [0.2, 0.25) is 0 Å². The number of nitrogens with one attached hydrogen (secondary N) is 2. The summed E-state index contributed by atoms with van der Waals surface area (Å²) in [5.41, 5.74) is 9.97. The van der Waals surface area contributed by atoms with E-state index < -0.39 is 0 Å². The lowest BCUT2D eigenvalue weighted by Gasteiger charge is -1.97. The van der Waals surface area contributed by atoms with Crippen LogP contribution in [0.4, 0.5) is 0 Å². The Bertz CT molecular complexity index is 119. The fraction of sp³-hybridized carbons (Fsp3) is 0.333. The van der Waals surface area contributed by atoms with Gasteiger partial charge >= 0.3 is 0 Å². The van der Waals surface area contributed by atoms with Crippen molar-refractivity contribution in [1.82, 2.24) is 5.32 Å². The summed E-state index contributed by atoms with van der Waals surface area (Å²) in [6, 6.07) is 0. The van der Waals surface area contributed by atoms with E-state index in [2.05, 4.69) is 10.3 Å². The Kier molecular flexibility index (Phi) is 5.73. The van der Waals surface area contributed by atoms with Crippen LogP contribution < -0.4 is 16.8 Å². The van der Waals surface area contributed by atoms with Gasteiger partial charge in [-0.25, -0.2) is 0 Å². The maximum absolute atomic E-state index is 6.63. The standard InChI is InChI=1S/C3H9N5.H2O/c1-7-3(6)8-2(4)5;/h1H3,(H6,4,5,6,7,8);1H2. The molecule has 6 nitrogen and oxygen atoms in total. The summed E-state index contributed by atoms with van der Waals surface area (Å²) in [5.74, 6) is -0.0504. The van der Waals surface area contributed by atoms with Crippen LogP contribution in [-0.4, -0.2) is 24.4 Å². The molecule has 0 rings (SSSR count). The molecule has 0 radical (unpaired) electrons. The van der Waals surface area contributed by atoms with Crippen molar-refractivity contribution in [3.63, 3.8) is 0 Å². The molecule has 0 amide bonds. The maximum atomic E-state index is 6.63. The molecule has 0 saturated heterocycles. The van der Waals surface area contributed by atoms with Gasteiger partial charge in [0.15, 0.2) is 11.9 Å². The van der Waals surface area contributed by atoms with Crippen LogP contribution in [0.1, 0.15) is 0 Å². The Balaban J connectivity index is 0. The zero-order valence-corrected chi connectivity index (χ0v) is 5.10. The normalized spacial score (nSPS) is 9.67. The highest BCUT2D eigenvalue weighted by molar-refractivity contribution is 5.95. The van der Waals surface area contributed by atoms with Crippen LogP contribution in [0.3, 0.4) is 0 Å². The molecule has 0 aromatic carbocycles. The lowest BCUT2D eigenvalue weighted by Crippen LogP contribution is -2.40. The summed E-state index contributed by atoms with van der Waals surface area (Å²) in [6.07, 6.45) is 0. The third-order valence-electron chi connectivity index (χ3n) is 0.504. The molecule has 0 aliphatic rings. The highest BCUT2D eigenvalue weighted by Gasteiger charge is 1.86. The summed E-state index contributed by atoms with van der Waals surface area (Å²) in [5, 5.41) is 8.92. The first-order valence-electron chi connectivity index (χ1n) is 2.00. The Morgan fingerprint density at radius 2 is 2.00 bits per heavy atom. The van der Waals surface area contributed by atoms with E-state index in [9.17, 15) is 0 Å². The van der Waals surface area contributed by atoms with Crippen LogP contribution in [0.15, 0.2) is 4.99 Å². The molecule has 0 bridgehead atoms. The van der Waals surface area contributed by atoms with Crippen LogP contribution in [-0.2, 0) is 0 Å². The van der Waals surface area contributed by atoms with E-state index in [1.807, 2.05) is 0 Å². The fourth-order valence-electron chi connectivity index (χ4n) is 0.194. The predicted molar refractivity (Wildman–Crippen MR) is 36.2 cm³/mol. The molecule has 0 fully saturated rings. The molecule has 0 spiro atoms. The van der Waals surface area contributed by atoms with Crippen LogP contribution >= 0.6 is 0 Å². The van der Waals surface area contributed by atoms with Crippen molar-refractivity contribution in [2.24, 2.45) is 16.5 Å². The first kappa shape index (κ1) is 10.6. The second-order valence-corrected chi connectivity index (χ2v) is 1.15. The third kappa shape index (κ3) is 6.70. The van der Waals surface area contributed by atoms with E-state index in [0.29, 0.717) is 0 Å². The number of nitrogens with zero attached hydrogens (tertiary/aromatic N) is 1. The van der Waals surface area contributed by atoms with Gasteiger partial charge in [-0.15, -0.1) is 0 Å². The Morgan fingerprint density at radius 3 is 2.11 bits per heavy atom. The molecule has 0 unspecified atom stereocenters. The number of hydrogen-bond donors (Lipinski definition) is 4. The molecule has 0 atom stereocenters. The highest BCUT2D eigenvalue weighted by Crippen LogP contribution is 1.53. The quantitative estimate of drug-likeness (QED) is 0.216. The van der Waals surface area contributed by atoms with E-state index in [4.69, 9.17) is 16.9 Å². The van der Waals surface area contributed by atoms with E-state index in [1.165, 1.54) is 7.05 Å². The molecule has 8 N–H and O–H groups in total. The van der Waals surface area contributed by atoms with Crippen LogP contribution in [0, 0.1) is 5.41 Å². The fourth-order valence-corrected chi connectivity index (χ4v) is 0.194. The lowest BCUT2D eigenvalue weighted by atomic mass is 10.9. The van der Waals surface area contributed by atoms with Gasteiger partial charge in [-0.2, -0.15) is 0 Å². The van der Waals surface area contributed by atoms with Gasteiger partial charge in [0.25, 0.3) is 0 Å². The van der Waals surface area contributed by atoms with Crippen molar-refractivity contribution in [3.05, 3.63) is 0 Å². The van der Waals surface area contributed by atoms with Gasteiger partial charge in [0.05, 0.1) is 0 Å². The summed E-state index contributed by atoms with van der Waals surface area (Å²) in [4.78, 5) is 3.49. The molecular formula is C3H11N5O. The predicted octanol–water partition coefficient (Wildman–Crippen LogP) is -2.41. The van der Waals surface area contributed by atoms with E-state index in [0.717, 1.165) is 0 Å². The summed E-state index contributed by atoms with van der Waals surface area (Å²) in [7, 11) is 1.51.